The molecule has 1 amide bonds. The predicted octanol–water partition coefficient (Wildman–Crippen LogP) is 3.71. The number of hydrogen-bond donors (Lipinski definition) is 2. The van der Waals surface area contributed by atoms with Gasteiger partial charge in [0, 0.05) is 5.75 Å². The minimum atomic E-state index is -1.13. The molecule has 8 heteroatoms. The van der Waals surface area contributed by atoms with Gasteiger partial charge in [0.05, 0.1) is 6.61 Å². The lowest BCUT2D eigenvalue weighted by molar-refractivity contribution is -0.139. The zero-order valence-corrected chi connectivity index (χ0v) is 16.0. The Labute approximate surface area is 167 Å². The van der Waals surface area contributed by atoms with Crippen LogP contribution in [0.3, 0.4) is 0 Å². The number of carboxylic acid groups (broad SMARTS) is 1. The smallest absolute Gasteiger partial charge is 0.408 e. The van der Waals surface area contributed by atoms with Crippen molar-refractivity contribution in [1.82, 2.24) is 5.32 Å². The molecule has 0 aliphatic rings. The number of ether oxygens (including phenoxy) is 2. The summed E-state index contributed by atoms with van der Waals surface area (Å²) in [4.78, 5) is 23.1. The first-order valence-electron chi connectivity index (χ1n) is 8.71. The van der Waals surface area contributed by atoms with Crippen LogP contribution >= 0.6 is 11.8 Å². The summed E-state index contributed by atoms with van der Waals surface area (Å²) in [5.74, 6) is -0.291. The Morgan fingerprint density at radius 1 is 1.07 bits per heavy atom. The number of halogens is 1. The van der Waals surface area contributed by atoms with Crippen LogP contribution in [0.5, 0.6) is 5.75 Å². The molecular weight excluding hydrogens is 385 g/mol. The summed E-state index contributed by atoms with van der Waals surface area (Å²) in [5.41, 5.74) is 0.815. The van der Waals surface area contributed by atoms with Gasteiger partial charge in [0.25, 0.3) is 0 Å². The highest BCUT2D eigenvalue weighted by Gasteiger charge is 2.20. The first kappa shape index (κ1) is 21.6. The second-order valence-electron chi connectivity index (χ2n) is 5.78. The van der Waals surface area contributed by atoms with Crippen molar-refractivity contribution in [1.29, 1.82) is 0 Å². The Morgan fingerprint density at radius 2 is 1.79 bits per heavy atom. The number of rotatable bonds is 11. The quantitative estimate of drug-likeness (QED) is 0.553. The summed E-state index contributed by atoms with van der Waals surface area (Å²) < 4.78 is 23.8. The van der Waals surface area contributed by atoms with Crippen molar-refractivity contribution in [3.8, 4) is 5.75 Å². The average molecular weight is 407 g/mol. The molecule has 28 heavy (non-hydrogen) atoms. The number of nitrogens with one attached hydrogen (secondary N) is 1. The van der Waals surface area contributed by atoms with E-state index < -0.39 is 23.9 Å². The third kappa shape index (κ3) is 7.87. The van der Waals surface area contributed by atoms with E-state index in [0.717, 1.165) is 5.56 Å². The molecule has 150 valence electrons. The fraction of sp³-hybridized carbons (Fsp3) is 0.300. The Hall–Kier alpha value is -2.74. The van der Waals surface area contributed by atoms with Crippen LogP contribution in [0, 0.1) is 5.82 Å². The number of benzene rings is 2. The highest BCUT2D eigenvalue weighted by molar-refractivity contribution is 7.99. The summed E-state index contributed by atoms with van der Waals surface area (Å²) in [5, 5.41) is 11.6. The number of hydrogen-bond acceptors (Lipinski definition) is 5. The van der Waals surface area contributed by atoms with Crippen LogP contribution in [0.1, 0.15) is 12.0 Å². The minimum absolute atomic E-state index is 0.0706. The molecular formula is C20H22FNO5S. The fourth-order valence-electron chi connectivity index (χ4n) is 2.24. The van der Waals surface area contributed by atoms with Gasteiger partial charge in [0.15, 0.2) is 11.6 Å². The van der Waals surface area contributed by atoms with Crippen LogP contribution in [0.2, 0.25) is 0 Å². The largest absolute Gasteiger partial charge is 0.490 e. The Morgan fingerprint density at radius 3 is 2.50 bits per heavy atom. The van der Waals surface area contributed by atoms with Crippen molar-refractivity contribution in [3.05, 3.63) is 66.0 Å². The molecule has 0 saturated heterocycles. The molecule has 6 nitrogen and oxygen atoms in total. The summed E-state index contributed by atoms with van der Waals surface area (Å²) in [6, 6.07) is 14.2. The van der Waals surface area contributed by atoms with E-state index in [1.807, 2.05) is 30.3 Å². The molecule has 1 atom stereocenters. The molecule has 2 aromatic rings. The van der Waals surface area contributed by atoms with E-state index in [1.165, 1.54) is 17.8 Å². The molecule has 2 aromatic carbocycles. The van der Waals surface area contributed by atoms with Crippen molar-refractivity contribution in [2.45, 2.75) is 19.1 Å². The maximum Gasteiger partial charge on any atom is 0.408 e. The van der Waals surface area contributed by atoms with Crippen molar-refractivity contribution >= 4 is 23.8 Å². The number of amides is 1. The molecule has 0 aliphatic heterocycles. The molecule has 1 unspecified atom stereocenters. The van der Waals surface area contributed by atoms with Crippen LogP contribution in [-0.2, 0) is 16.1 Å². The lowest BCUT2D eigenvalue weighted by Gasteiger charge is -2.14. The van der Waals surface area contributed by atoms with Gasteiger partial charge in [-0.3, -0.25) is 0 Å². The summed E-state index contributed by atoms with van der Waals surface area (Å²) in [6.45, 7) is 0.372. The number of carboxylic acids is 1. The van der Waals surface area contributed by atoms with E-state index in [4.69, 9.17) is 9.47 Å². The monoisotopic (exact) mass is 407 g/mol. The summed E-state index contributed by atoms with van der Waals surface area (Å²) in [7, 11) is 0. The van der Waals surface area contributed by atoms with E-state index in [0.29, 0.717) is 18.1 Å². The van der Waals surface area contributed by atoms with Gasteiger partial charge in [-0.15, -0.1) is 0 Å². The SMILES string of the molecule is O=C(NC(CCSCCOc1ccccc1F)C(=O)O)OCc1ccccc1. The third-order valence-electron chi connectivity index (χ3n) is 3.68. The van der Waals surface area contributed by atoms with Gasteiger partial charge < -0.3 is 19.9 Å². The Balaban J connectivity index is 1.63. The third-order valence-corrected chi connectivity index (χ3v) is 4.66. The van der Waals surface area contributed by atoms with Crippen LogP contribution < -0.4 is 10.1 Å². The van der Waals surface area contributed by atoms with Crippen molar-refractivity contribution in [2.24, 2.45) is 0 Å². The van der Waals surface area contributed by atoms with E-state index >= 15 is 0 Å². The second kappa shape index (κ2) is 11.9. The standard InChI is InChI=1S/C20H22FNO5S/c21-16-8-4-5-9-18(16)26-11-13-28-12-10-17(19(23)24)22-20(25)27-14-15-6-2-1-3-7-15/h1-9,17H,10-14H2,(H,22,25)(H,23,24). The van der Waals surface area contributed by atoms with E-state index in [9.17, 15) is 19.1 Å². The van der Waals surface area contributed by atoms with E-state index in [2.05, 4.69) is 5.32 Å². The maximum atomic E-state index is 13.4. The predicted molar refractivity (Wildman–Crippen MR) is 105 cm³/mol. The number of thioether (sulfide) groups is 1. The highest BCUT2D eigenvalue weighted by Crippen LogP contribution is 2.16. The average Bonchev–Trinajstić information content (AvgIpc) is 2.70. The number of carbonyl (C=O) groups is 2. The van der Waals surface area contributed by atoms with Crippen LogP contribution in [0.25, 0.3) is 0 Å². The van der Waals surface area contributed by atoms with Gasteiger partial charge in [-0.25, -0.2) is 14.0 Å². The van der Waals surface area contributed by atoms with Crippen LogP contribution in [0.15, 0.2) is 54.6 Å². The fourth-order valence-corrected chi connectivity index (χ4v) is 3.05. The zero-order chi connectivity index (χ0) is 20.2. The normalized spacial score (nSPS) is 11.5. The molecule has 2 rings (SSSR count). The molecule has 0 radical (unpaired) electrons. The first-order chi connectivity index (χ1) is 13.6. The molecule has 0 aromatic heterocycles. The van der Waals surface area contributed by atoms with Crippen LogP contribution in [-0.4, -0.2) is 41.3 Å². The summed E-state index contributed by atoms with van der Waals surface area (Å²) >= 11 is 1.46. The summed E-state index contributed by atoms with van der Waals surface area (Å²) in [6.07, 6.45) is -0.538. The Kier molecular flexibility index (Phi) is 9.14. The van der Waals surface area contributed by atoms with Gasteiger partial charge in [0.1, 0.15) is 12.6 Å². The van der Waals surface area contributed by atoms with Crippen molar-refractivity contribution in [2.75, 3.05) is 18.1 Å². The van der Waals surface area contributed by atoms with E-state index in [1.54, 1.807) is 18.2 Å². The molecule has 0 heterocycles. The van der Waals surface area contributed by atoms with E-state index in [-0.39, 0.29) is 18.8 Å². The zero-order valence-electron chi connectivity index (χ0n) is 15.2. The number of carbonyl (C=O) groups excluding carboxylic acids is 1. The first-order valence-corrected chi connectivity index (χ1v) is 9.87. The molecule has 0 aliphatic carbocycles. The van der Waals surface area contributed by atoms with Gasteiger partial charge in [-0.2, -0.15) is 11.8 Å². The number of para-hydroxylation sites is 1. The topological polar surface area (TPSA) is 84.9 Å². The van der Waals surface area contributed by atoms with Gasteiger partial charge in [-0.1, -0.05) is 42.5 Å². The van der Waals surface area contributed by atoms with Gasteiger partial charge in [0.2, 0.25) is 0 Å². The molecule has 0 bridgehead atoms. The van der Waals surface area contributed by atoms with Crippen molar-refractivity contribution < 1.29 is 28.6 Å². The molecule has 0 fully saturated rings. The lowest BCUT2D eigenvalue weighted by Crippen LogP contribution is -2.41. The maximum absolute atomic E-state index is 13.4. The highest BCUT2D eigenvalue weighted by atomic mass is 32.2. The van der Waals surface area contributed by atoms with Gasteiger partial charge >= 0.3 is 12.1 Å². The van der Waals surface area contributed by atoms with Gasteiger partial charge in [-0.05, 0) is 29.9 Å². The second-order valence-corrected chi connectivity index (χ2v) is 7.00. The molecule has 2 N–H and O–H groups in total. The van der Waals surface area contributed by atoms with Crippen LogP contribution in [0.4, 0.5) is 9.18 Å². The Bertz CT molecular complexity index is 759. The molecule has 0 spiro atoms. The minimum Gasteiger partial charge on any atom is -0.490 e. The van der Waals surface area contributed by atoms with Crippen molar-refractivity contribution in [3.63, 3.8) is 0 Å². The number of alkyl carbamates (subject to hydrolysis) is 1. The number of aliphatic carboxylic acids is 1. The lowest BCUT2D eigenvalue weighted by atomic mass is 10.2. The molecule has 0 saturated carbocycles.